The lowest BCUT2D eigenvalue weighted by Crippen LogP contribution is -2.33. The summed E-state index contributed by atoms with van der Waals surface area (Å²) >= 11 is 0. The molecule has 0 unspecified atom stereocenters. The third kappa shape index (κ3) is 4.03. The van der Waals surface area contributed by atoms with Crippen LogP contribution < -0.4 is 0 Å². The van der Waals surface area contributed by atoms with Crippen LogP contribution in [-0.2, 0) is 14.2 Å². The molecule has 0 aliphatic carbocycles. The topological polar surface area (TPSA) is 51.5 Å². The lowest BCUT2D eigenvalue weighted by Gasteiger charge is -2.34. The number of nitrogens with zero attached hydrogens (tertiary/aromatic N) is 1. The van der Waals surface area contributed by atoms with Gasteiger partial charge in [-0.1, -0.05) is 30.3 Å². The van der Waals surface area contributed by atoms with Gasteiger partial charge in [-0.25, -0.2) is 0 Å². The van der Waals surface area contributed by atoms with E-state index in [1.54, 1.807) is 7.11 Å². The van der Waals surface area contributed by atoms with Crippen molar-refractivity contribution >= 4 is 0 Å². The highest BCUT2D eigenvalue weighted by Crippen LogP contribution is 2.33. The average Bonchev–Trinajstić information content (AvgIpc) is 2.46. The minimum absolute atomic E-state index is 0.00449. The first-order chi connectivity index (χ1) is 9.33. The Morgan fingerprint density at radius 2 is 2.11 bits per heavy atom. The molecule has 0 spiro atoms. The second kappa shape index (κ2) is 7.25. The van der Waals surface area contributed by atoms with E-state index in [2.05, 4.69) is 6.07 Å². The zero-order valence-corrected chi connectivity index (χ0v) is 11.1. The van der Waals surface area contributed by atoms with Gasteiger partial charge in [0, 0.05) is 20.0 Å². The van der Waals surface area contributed by atoms with Gasteiger partial charge in [-0.15, -0.1) is 0 Å². The Morgan fingerprint density at radius 3 is 2.79 bits per heavy atom. The average molecular weight is 261 g/mol. The van der Waals surface area contributed by atoms with E-state index in [0.29, 0.717) is 6.42 Å². The molecule has 102 valence electrons. The number of hydrogen-bond donors (Lipinski definition) is 0. The van der Waals surface area contributed by atoms with Crippen LogP contribution in [0.25, 0.3) is 0 Å². The predicted octanol–water partition coefficient (Wildman–Crippen LogP) is 2.81. The molecule has 0 radical (unpaired) electrons. The smallest absolute Gasteiger partial charge is 0.146 e. The summed E-state index contributed by atoms with van der Waals surface area (Å²) in [5.74, 6) is 0. The van der Waals surface area contributed by atoms with Crippen LogP contribution in [0.15, 0.2) is 30.3 Å². The Bertz CT molecular complexity index is 415. The van der Waals surface area contributed by atoms with Gasteiger partial charge < -0.3 is 14.2 Å². The summed E-state index contributed by atoms with van der Waals surface area (Å²) in [7, 11) is 1.61. The predicted molar refractivity (Wildman–Crippen MR) is 70.3 cm³/mol. The highest BCUT2D eigenvalue weighted by Gasteiger charge is 2.30. The van der Waals surface area contributed by atoms with Gasteiger partial charge >= 0.3 is 0 Å². The fourth-order valence-electron chi connectivity index (χ4n) is 2.39. The van der Waals surface area contributed by atoms with Crippen LogP contribution in [0.1, 0.15) is 30.9 Å². The summed E-state index contributed by atoms with van der Waals surface area (Å²) in [5, 5.41) is 8.84. The Balaban J connectivity index is 2.04. The molecule has 19 heavy (non-hydrogen) atoms. The van der Waals surface area contributed by atoms with Gasteiger partial charge in [0.2, 0.25) is 0 Å². The maximum absolute atomic E-state index is 8.84. The molecule has 0 bridgehead atoms. The van der Waals surface area contributed by atoms with E-state index < -0.39 is 0 Å². The summed E-state index contributed by atoms with van der Waals surface area (Å²) in [6.45, 7) is 0.283. The highest BCUT2D eigenvalue weighted by molar-refractivity contribution is 5.18. The molecule has 4 heteroatoms. The Kier molecular flexibility index (Phi) is 5.34. The molecule has 1 fully saturated rings. The monoisotopic (exact) mass is 261 g/mol. The maximum atomic E-state index is 8.84. The third-order valence-corrected chi connectivity index (χ3v) is 3.27. The standard InChI is InChI=1S/C15H19NO3/c1-17-11-18-14-9-13(7-8-16)19-15(10-14)12-5-3-2-4-6-12/h2-6,13-15H,7,9-11H2,1H3/t13-,14-,15+/m1/s1. The van der Waals surface area contributed by atoms with Crippen molar-refractivity contribution < 1.29 is 14.2 Å². The van der Waals surface area contributed by atoms with Gasteiger partial charge in [-0.3, -0.25) is 0 Å². The van der Waals surface area contributed by atoms with Crippen LogP contribution in [0.4, 0.5) is 0 Å². The molecule has 0 N–H and O–H groups in total. The molecule has 0 amide bonds. The molecular weight excluding hydrogens is 242 g/mol. The number of benzene rings is 1. The summed E-state index contributed by atoms with van der Waals surface area (Å²) < 4.78 is 16.6. The lowest BCUT2D eigenvalue weighted by molar-refractivity contribution is -0.148. The molecule has 1 heterocycles. The number of methoxy groups -OCH3 is 1. The van der Waals surface area contributed by atoms with E-state index >= 15 is 0 Å². The van der Waals surface area contributed by atoms with Crippen LogP contribution in [0.5, 0.6) is 0 Å². The van der Waals surface area contributed by atoms with E-state index in [4.69, 9.17) is 19.5 Å². The molecule has 0 saturated carbocycles. The second-order valence-corrected chi connectivity index (χ2v) is 4.69. The SMILES string of the molecule is COCO[C@@H]1C[C@@H](CC#N)O[C@H](c2ccccc2)C1. The van der Waals surface area contributed by atoms with Crippen molar-refractivity contribution in [2.75, 3.05) is 13.9 Å². The zero-order valence-electron chi connectivity index (χ0n) is 11.1. The van der Waals surface area contributed by atoms with Crippen molar-refractivity contribution in [1.82, 2.24) is 0 Å². The number of rotatable bonds is 5. The summed E-state index contributed by atoms with van der Waals surface area (Å²) in [6.07, 6.45) is 1.96. The van der Waals surface area contributed by atoms with Crippen LogP contribution in [0, 0.1) is 11.3 Å². The van der Waals surface area contributed by atoms with E-state index in [1.165, 1.54) is 0 Å². The molecule has 1 aliphatic heterocycles. The van der Waals surface area contributed by atoms with Crippen LogP contribution in [0.3, 0.4) is 0 Å². The highest BCUT2D eigenvalue weighted by atomic mass is 16.7. The first-order valence-electron chi connectivity index (χ1n) is 6.51. The Labute approximate surface area is 113 Å². The van der Waals surface area contributed by atoms with Crippen LogP contribution >= 0.6 is 0 Å². The van der Waals surface area contributed by atoms with Gasteiger partial charge in [-0.05, 0) is 5.56 Å². The van der Waals surface area contributed by atoms with Gasteiger partial charge in [0.05, 0.1) is 30.8 Å². The molecule has 0 aromatic heterocycles. The van der Waals surface area contributed by atoms with E-state index in [9.17, 15) is 0 Å². The van der Waals surface area contributed by atoms with Crippen molar-refractivity contribution in [3.8, 4) is 6.07 Å². The molecule has 4 nitrogen and oxygen atoms in total. The lowest BCUT2D eigenvalue weighted by atomic mass is 9.95. The minimum atomic E-state index is -0.0641. The quantitative estimate of drug-likeness (QED) is 0.765. The molecule has 1 aromatic rings. The number of hydrogen-bond acceptors (Lipinski definition) is 4. The molecule has 1 aromatic carbocycles. The zero-order chi connectivity index (χ0) is 13.5. The Morgan fingerprint density at radius 1 is 1.32 bits per heavy atom. The van der Waals surface area contributed by atoms with Crippen LogP contribution in [0.2, 0.25) is 0 Å². The van der Waals surface area contributed by atoms with E-state index in [-0.39, 0.29) is 25.1 Å². The molecule has 3 atom stereocenters. The fourth-order valence-corrected chi connectivity index (χ4v) is 2.39. The number of ether oxygens (including phenoxy) is 3. The van der Waals surface area contributed by atoms with Gasteiger partial charge in [0.15, 0.2) is 0 Å². The van der Waals surface area contributed by atoms with Crippen molar-refractivity contribution in [3.05, 3.63) is 35.9 Å². The normalized spacial score (nSPS) is 26.8. The largest absolute Gasteiger partial charge is 0.369 e. The van der Waals surface area contributed by atoms with Crippen molar-refractivity contribution in [3.63, 3.8) is 0 Å². The summed E-state index contributed by atoms with van der Waals surface area (Å²) in [4.78, 5) is 0. The Hall–Kier alpha value is -1.41. The minimum Gasteiger partial charge on any atom is -0.369 e. The van der Waals surface area contributed by atoms with E-state index in [0.717, 1.165) is 18.4 Å². The molecule has 2 rings (SSSR count). The van der Waals surface area contributed by atoms with Crippen molar-refractivity contribution in [2.24, 2.45) is 0 Å². The van der Waals surface area contributed by atoms with Crippen LogP contribution in [-0.4, -0.2) is 26.1 Å². The van der Waals surface area contributed by atoms with E-state index in [1.807, 2.05) is 30.3 Å². The molecule has 1 saturated heterocycles. The molecular formula is C15H19NO3. The summed E-state index contributed by atoms with van der Waals surface area (Å²) in [6, 6.07) is 12.3. The first-order valence-corrected chi connectivity index (χ1v) is 6.51. The second-order valence-electron chi connectivity index (χ2n) is 4.69. The first kappa shape index (κ1) is 14.0. The van der Waals surface area contributed by atoms with Crippen molar-refractivity contribution in [2.45, 2.75) is 37.6 Å². The maximum Gasteiger partial charge on any atom is 0.146 e. The number of nitriles is 1. The van der Waals surface area contributed by atoms with Gasteiger partial charge in [0.25, 0.3) is 0 Å². The van der Waals surface area contributed by atoms with Crippen molar-refractivity contribution in [1.29, 1.82) is 5.26 Å². The summed E-state index contributed by atoms with van der Waals surface area (Å²) in [5.41, 5.74) is 1.14. The third-order valence-electron chi connectivity index (χ3n) is 3.27. The van der Waals surface area contributed by atoms with Gasteiger partial charge in [0.1, 0.15) is 6.79 Å². The van der Waals surface area contributed by atoms with Gasteiger partial charge in [-0.2, -0.15) is 5.26 Å². The molecule has 1 aliphatic rings. The fraction of sp³-hybridized carbons (Fsp3) is 0.533.